The Morgan fingerprint density at radius 3 is 2.59 bits per heavy atom. The van der Waals surface area contributed by atoms with Crippen molar-refractivity contribution in [3.63, 3.8) is 0 Å². The first-order valence-electron chi connectivity index (χ1n) is 12.3. The van der Waals surface area contributed by atoms with Crippen molar-refractivity contribution in [2.24, 2.45) is 5.92 Å². The molecule has 34 heavy (non-hydrogen) atoms. The molecule has 1 atom stereocenters. The first kappa shape index (κ1) is 24.7. The molecule has 9 nitrogen and oxygen atoms in total. The zero-order valence-corrected chi connectivity index (χ0v) is 20.1. The van der Waals surface area contributed by atoms with Crippen LogP contribution in [0.25, 0.3) is 11.4 Å². The number of hydrogen-bond acceptors (Lipinski definition) is 9. The lowest BCUT2D eigenvalue weighted by Crippen LogP contribution is -2.43. The van der Waals surface area contributed by atoms with Crippen molar-refractivity contribution in [1.82, 2.24) is 25.3 Å². The van der Waals surface area contributed by atoms with Crippen LogP contribution in [-0.2, 0) is 9.47 Å². The van der Waals surface area contributed by atoms with Gasteiger partial charge >= 0.3 is 0 Å². The van der Waals surface area contributed by atoms with Crippen LogP contribution in [0.1, 0.15) is 45.4 Å². The molecule has 1 saturated carbocycles. The molecule has 10 heteroatoms. The zero-order chi connectivity index (χ0) is 23.8. The smallest absolute Gasteiger partial charge is 0.223 e. The van der Waals surface area contributed by atoms with E-state index in [9.17, 15) is 4.39 Å². The van der Waals surface area contributed by atoms with Gasteiger partial charge in [-0.3, -0.25) is 0 Å². The molecule has 3 N–H and O–H groups in total. The van der Waals surface area contributed by atoms with Crippen molar-refractivity contribution < 1.29 is 13.9 Å². The van der Waals surface area contributed by atoms with E-state index in [1.807, 2.05) is 0 Å². The summed E-state index contributed by atoms with van der Waals surface area (Å²) in [5.74, 6) is 0.932. The lowest BCUT2D eigenvalue weighted by molar-refractivity contribution is 0.0699. The Morgan fingerprint density at radius 2 is 1.82 bits per heavy atom. The molecule has 1 aliphatic heterocycles. The average Bonchev–Trinajstić information content (AvgIpc) is 2.86. The number of hydrogen-bond donors (Lipinski definition) is 3. The van der Waals surface area contributed by atoms with E-state index in [2.05, 4.69) is 42.8 Å². The van der Waals surface area contributed by atoms with Crippen LogP contribution in [0.4, 0.5) is 16.3 Å². The Labute approximate surface area is 200 Å². The summed E-state index contributed by atoms with van der Waals surface area (Å²) in [6.45, 7) is 5.20. The van der Waals surface area contributed by atoms with Crippen LogP contribution in [0.5, 0.6) is 0 Å². The molecule has 0 aromatic carbocycles. The highest BCUT2D eigenvalue weighted by Gasteiger charge is 2.23. The molecule has 0 amide bonds. The van der Waals surface area contributed by atoms with E-state index >= 15 is 0 Å². The van der Waals surface area contributed by atoms with Crippen LogP contribution in [0.2, 0.25) is 0 Å². The summed E-state index contributed by atoms with van der Waals surface area (Å²) in [5.41, 5.74) is 0.616. The van der Waals surface area contributed by atoms with E-state index in [0.29, 0.717) is 42.2 Å². The van der Waals surface area contributed by atoms with Gasteiger partial charge < -0.3 is 25.4 Å². The van der Waals surface area contributed by atoms with Gasteiger partial charge in [-0.1, -0.05) is 0 Å². The highest BCUT2D eigenvalue weighted by atomic mass is 19.1. The fraction of sp³-hybridized carbons (Fsp3) is 0.667. The van der Waals surface area contributed by atoms with Crippen molar-refractivity contribution in [2.75, 3.05) is 44.1 Å². The summed E-state index contributed by atoms with van der Waals surface area (Å²) in [5, 5.41) is 10.3. The molecule has 186 valence electrons. The topological polar surface area (TPSA) is 106 Å². The predicted octanol–water partition coefficient (Wildman–Crippen LogP) is 3.26. The number of aromatic nitrogens is 4. The molecular formula is C24H36FN7O2. The standard InChI is InChI=1S/C24H36FN7O2/c1-16(15-33-2)29-18-3-5-19(6-4-18)30-24-28-14-20(25)22(32-24)21-7-10-26-23(31-21)27-13-17-8-11-34-12-9-17/h7,10,14,16-19,29H,3-6,8-9,11-13,15H2,1-2H3,(H,26,27,31)(H,28,30,32). The highest BCUT2D eigenvalue weighted by molar-refractivity contribution is 5.57. The molecule has 1 aliphatic carbocycles. The van der Waals surface area contributed by atoms with Crippen molar-refractivity contribution >= 4 is 11.9 Å². The summed E-state index contributed by atoms with van der Waals surface area (Å²) in [6, 6.07) is 2.76. The zero-order valence-electron chi connectivity index (χ0n) is 20.1. The fourth-order valence-electron chi connectivity index (χ4n) is 4.67. The van der Waals surface area contributed by atoms with Crippen molar-refractivity contribution in [3.05, 3.63) is 24.3 Å². The molecule has 4 rings (SSSR count). The van der Waals surface area contributed by atoms with Gasteiger partial charge in [0.15, 0.2) is 5.82 Å². The van der Waals surface area contributed by atoms with Crippen LogP contribution in [-0.4, -0.2) is 71.5 Å². The summed E-state index contributed by atoms with van der Waals surface area (Å²) in [6.07, 6.45) is 9.01. The summed E-state index contributed by atoms with van der Waals surface area (Å²) < 4.78 is 25.2. The second-order valence-electron chi connectivity index (χ2n) is 9.31. The predicted molar refractivity (Wildman–Crippen MR) is 129 cm³/mol. The van der Waals surface area contributed by atoms with Crippen LogP contribution in [0, 0.1) is 11.7 Å². The van der Waals surface area contributed by atoms with E-state index in [1.165, 1.54) is 6.20 Å². The first-order chi connectivity index (χ1) is 16.6. The summed E-state index contributed by atoms with van der Waals surface area (Å²) >= 11 is 0. The van der Waals surface area contributed by atoms with Crippen LogP contribution in [0.15, 0.2) is 18.5 Å². The maximum absolute atomic E-state index is 14.6. The molecule has 2 aliphatic rings. The third-order valence-corrected chi connectivity index (χ3v) is 6.53. The maximum Gasteiger partial charge on any atom is 0.223 e. The van der Waals surface area contributed by atoms with Crippen molar-refractivity contribution in [3.8, 4) is 11.4 Å². The number of rotatable bonds is 10. The second-order valence-corrected chi connectivity index (χ2v) is 9.31. The van der Waals surface area contributed by atoms with Gasteiger partial charge in [0, 0.05) is 51.2 Å². The third-order valence-electron chi connectivity index (χ3n) is 6.53. The average molecular weight is 474 g/mol. The molecule has 3 heterocycles. The molecule has 1 unspecified atom stereocenters. The van der Waals surface area contributed by atoms with Gasteiger partial charge in [0.1, 0.15) is 5.69 Å². The third kappa shape index (κ3) is 7.04. The van der Waals surface area contributed by atoms with Gasteiger partial charge in [0.05, 0.1) is 18.5 Å². The lowest BCUT2D eigenvalue weighted by atomic mass is 9.91. The minimum atomic E-state index is -0.500. The summed E-state index contributed by atoms with van der Waals surface area (Å²) in [7, 11) is 1.72. The monoisotopic (exact) mass is 473 g/mol. The van der Waals surface area contributed by atoms with Gasteiger partial charge in [-0.2, -0.15) is 0 Å². The van der Waals surface area contributed by atoms with Crippen LogP contribution >= 0.6 is 0 Å². The molecule has 0 radical (unpaired) electrons. The van der Waals surface area contributed by atoms with Gasteiger partial charge in [-0.25, -0.2) is 24.3 Å². The Bertz CT molecular complexity index is 905. The second kappa shape index (κ2) is 12.3. The molecule has 1 saturated heterocycles. The Balaban J connectivity index is 1.34. The van der Waals surface area contributed by atoms with Gasteiger partial charge in [-0.15, -0.1) is 0 Å². The molecule has 2 aromatic heterocycles. The fourth-order valence-corrected chi connectivity index (χ4v) is 4.67. The normalized spacial score (nSPS) is 22.3. The van der Waals surface area contributed by atoms with Crippen molar-refractivity contribution in [2.45, 2.75) is 63.6 Å². The number of nitrogens with zero attached hydrogens (tertiary/aromatic N) is 4. The van der Waals surface area contributed by atoms with E-state index in [-0.39, 0.29) is 11.7 Å². The number of nitrogens with one attached hydrogen (secondary N) is 3. The first-order valence-corrected chi connectivity index (χ1v) is 12.3. The van der Waals surface area contributed by atoms with Gasteiger partial charge in [0.25, 0.3) is 0 Å². The van der Waals surface area contributed by atoms with Crippen molar-refractivity contribution in [1.29, 1.82) is 0 Å². The Hall–Kier alpha value is -2.43. The molecule has 0 bridgehead atoms. The molecular weight excluding hydrogens is 437 g/mol. The van der Waals surface area contributed by atoms with E-state index in [4.69, 9.17) is 9.47 Å². The Morgan fingerprint density at radius 1 is 1.06 bits per heavy atom. The molecule has 0 spiro atoms. The van der Waals surface area contributed by atoms with E-state index < -0.39 is 5.82 Å². The maximum atomic E-state index is 14.6. The van der Waals surface area contributed by atoms with Crippen LogP contribution < -0.4 is 16.0 Å². The molecule has 2 aromatic rings. The van der Waals surface area contributed by atoms with E-state index in [0.717, 1.165) is 58.3 Å². The minimum absolute atomic E-state index is 0.178. The Kier molecular flexibility index (Phi) is 8.95. The minimum Gasteiger partial charge on any atom is -0.383 e. The van der Waals surface area contributed by atoms with Crippen LogP contribution in [0.3, 0.4) is 0 Å². The number of ether oxygens (including phenoxy) is 2. The highest BCUT2D eigenvalue weighted by Crippen LogP contribution is 2.24. The van der Waals surface area contributed by atoms with Gasteiger partial charge in [-0.05, 0) is 57.4 Å². The van der Waals surface area contributed by atoms with E-state index in [1.54, 1.807) is 19.4 Å². The molecule has 2 fully saturated rings. The van der Waals surface area contributed by atoms with Gasteiger partial charge in [0.2, 0.25) is 11.9 Å². The number of halogens is 1. The summed E-state index contributed by atoms with van der Waals surface area (Å²) in [4.78, 5) is 17.4. The lowest BCUT2D eigenvalue weighted by Gasteiger charge is -2.31. The SMILES string of the molecule is COCC(C)NC1CCC(Nc2ncc(F)c(-c3ccnc(NCC4CCOCC4)n3)n2)CC1. The number of methoxy groups -OCH3 is 1. The number of anilines is 2. The quantitative estimate of drug-likeness (QED) is 0.479. The largest absolute Gasteiger partial charge is 0.383 e.